The van der Waals surface area contributed by atoms with E-state index in [4.69, 9.17) is 0 Å². The van der Waals surface area contributed by atoms with Crippen molar-refractivity contribution in [2.45, 2.75) is 39.0 Å². The standard InChI is InChI=1S/C14H21N3OS/c1-11(8-14-5-4-12(2)19-14)15-9-13(18)10-17-7-3-6-16-17/h3-7,11,13,15,18H,8-10H2,1-2H3. The zero-order valence-corrected chi connectivity index (χ0v) is 12.2. The number of aliphatic hydroxyl groups excluding tert-OH is 1. The van der Waals surface area contributed by atoms with E-state index in [1.54, 1.807) is 10.9 Å². The summed E-state index contributed by atoms with van der Waals surface area (Å²) in [5.74, 6) is 0. The summed E-state index contributed by atoms with van der Waals surface area (Å²) in [5.41, 5.74) is 0. The van der Waals surface area contributed by atoms with Gasteiger partial charge in [-0.25, -0.2) is 0 Å². The highest BCUT2D eigenvalue weighted by atomic mass is 32.1. The maximum atomic E-state index is 9.92. The van der Waals surface area contributed by atoms with Crippen molar-refractivity contribution in [2.24, 2.45) is 0 Å². The monoisotopic (exact) mass is 279 g/mol. The summed E-state index contributed by atoms with van der Waals surface area (Å²) in [6.45, 7) is 5.39. The summed E-state index contributed by atoms with van der Waals surface area (Å²) >= 11 is 1.84. The van der Waals surface area contributed by atoms with Crippen LogP contribution in [0.5, 0.6) is 0 Å². The average molecular weight is 279 g/mol. The second-order valence-corrected chi connectivity index (χ2v) is 6.28. The van der Waals surface area contributed by atoms with Gasteiger partial charge in [0, 0.05) is 34.7 Å². The molecular formula is C14H21N3OS. The summed E-state index contributed by atoms with van der Waals surface area (Å²) < 4.78 is 1.75. The van der Waals surface area contributed by atoms with Crippen LogP contribution in [0.4, 0.5) is 0 Å². The number of hydrogen-bond donors (Lipinski definition) is 2. The fraction of sp³-hybridized carbons (Fsp3) is 0.500. The normalized spacial score (nSPS) is 14.5. The van der Waals surface area contributed by atoms with E-state index in [1.165, 1.54) is 9.75 Å². The summed E-state index contributed by atoms with van der Waals surface area (Å²) in [5, 5.41) is 17.4. The third-order valence-electron chi connectivity index (χ3n) is 2.96. The third-order valence-corrected chi connectivity index (χ3v) is 3.99. The molecule has 2 unspecified atom stereocenters. The Hall–Kier alpha value is -1.17. The molecular weight excluding hydrogens is 258 g/mol. The Bertz CT molecular complexity index is 481. The van der Waals surface area contributed by atoms with E-state index < -0.39 is 6.10 Å². The van der Waals surface area contributed by atoms with E-state index in [2.05, 4.69) is 36.4 Å². The van der Waals surface area contributed by atoms with Gasteiger partial charge >= 0.3 is 0 Å². The molecule has 2 rings (SSSR count). The number of rotatable bonds is 7. The molecule has 4 nitrogen and oxygen atoms in total. The molecule has 0 saturated carbocycles. The first kappa shape index (κ1) is 14.2. The van der Waals surface area contributed by atoms with Crippen molar-refractivity contribution in [3.05, 3.63) is 40.3 Å². The Morgan fingerprint density at radius 2 is 2.32 bits per heavy atom. The van der Waals surface area contributed by atoms with Crippen molar-refractivity contribution in [2.75, 3.05) is 6.54 Å². The lowest BCUT2D eigenvalue weighted by Crippen LogP contribution is -2.36. The van der Waals surface area contributed by atoms with Gasteiger partial charge in [0.2, 0.25) is 0 Å². The molecule has 2 aromatic rings. The molecule has 0 fully saturated rings. The molecule has 0 aliphatic carbocycles. The Kier molecular flexibility index (Phi) is 5.13. The Balaban J connectivity index is 1.69. The SMILES string of the molecule is Cc1ccc(CC(C)NCC(O)Cn2cccn2)s1. The van der Waals surface area contributed by atoms with Crippen LogP contribution in [0, 0.1) is 6.92 Å². The fourth-order valence-corrected chi connectivity index (χ4v) is 3.01. The van der Waals surface area contributed by atoms with E-state index in [9.17, 15) is 5.11 Å². The number of thiophene rings is 1. The number of nitrogens with one attached hydrogen (secondary N) is 1. The third kappa shape index (κ3) is 4.78. The first-order chi connectivity index (χ1) is 9.13. The van der Waals surface area contributed by atoms with Crippen LogP contribution in [0.25, 0.3) is 0 Å². The van der Waals surface area contributed by atoms with Gasteiger partial charge in [-0.05, 0) is 38.5 Å². The highest BCUT2D eigenvalue weighted by Crippen LogP contribution is 2.16. The zero-order valence-electron chi connectivity index (χ0n) is 11.4. The molecule has 0 saturated heterocycles. The zero-order chi connectivity index (χ0) is 13.7. The van der Waals surface area contributed by atoms with Gasteiger partial charge < -0.3 is 10.4 Å². The molecule has 2 atom stereocenters. The number of aliphatic hydroxyl groups is 1. The first-order valence-electron chi connectivity index (χ1n) is 6.57. The summed E-state index contributed by atoms with van der Waals surface area (Å²) in [6, 6.07) is 6.56. The first-order valence-corrected chi connectivity index (χ1v) is 7.39. The van der Waals surface area contributed by atoms with E-state index in [0.717, 1.165) is 6.42 Å². The van der Waals surface area contributed by atoms with Crippen molar-refractivity contribution < 1.29 is 5.11 Å². The van der Waals surface area contributed by atoms with Gasteiger partial charge in [-0.2, -0.15) is 5.10 Å². The molecule has 2 aromatic heterocycles. The quantitative estimate of drug-likeness (QED) is 0.813. The fourth-order valence-electron chi connectivity index (χ4n) is 1.99. The number of aryl methyl sites for hydroxylation is 1. The summed E-state index contributed by atoms with van der Waals surface area (Å²) in [7, 11) is 0. The molecule has 104 valence electrons. The predicted octanol–water partition coefficient (Wildman–Crippen LogP) is 1.83. The van der Waals surface area contributed by atoms with Crippen LogP contribution in [0.1, 0.15) is 16.7 Å². The van der Waals surface area contributed by atoms with Gasteiger partial charge in [0.05, 0.1) is 12.6 Å². The van der Waals surface area contributed by atoms with Gasteiger partial charge in [-0.1, -0.05) is 0 Å². The van der Waals surface area contributed by atoms with Crippen molar-refractivity contribution in [3.63, 3.8) is 0 Å². The van der Waals surface area contributed by atoms with Crippen LogP contribution in [0.15, 0.2) is 30.6 Å². The van der Waals surface area contributed by atoms with E-state index in [-0.39, 0.29) is 0 Å². The van der Waals surface area contributed by atoms with Crippen molar-refractivity contribution in [3.8, 4) is 0 Å². The van der Waals surface area contributed by atoms with E-state index >= 15 is 0 Å². The molecule has 0 aromatic carbocycles. The van der Waals surface area contributed by atoms with Crippen molar-refractivity contribution in [1.29, 1.82) is 0 Å². The van der Waals surface area contributed by atoms with Crippen molar-refractivity contribution in [1.82, 2.24) is 15.1 Å². The molecule has 0 spiro atoms. The minimum absolute atomic E-state index is 0.366. The lowest BCUT2D eigenvalue weighted by atomic mass is 10.2. The maximum absolute atomic E-state index is 9.92. The van der Waals surface area contributed by atoms with E-state index in [0.29, 0.717) is 19.1 Å². The largest absolute Gasteiger partial charge is 0.390 e. The average Bonchev–Trinajstić information content (AvgIpc) is 2.99. The lowest BCUT2D eigenvalue weighted by molar-refractivity contribution is 0.143. The topological polar surface area (TPSA) is 50.1 Å². The molecule has 5 heteroatoms. The molecule has 0 amide bonds. The number of hydrogen-bond acceptors (Lipinski definition) is 4. The Morgan fingerprint density at radius 3 is 2.95 bits per heavy atom. The minimum Gasteiger partial charge on any atom is -0.390 e. The van der Waals surface area contributed by atoms with Gasteiger partial charge in [0.25, 0.3) is 0 Å². The van der Waals surface area contributed by atoms with Crippen molar-refractivity contribution >= 4 is 11.3 Å². The second kappa shape index (κ2) is 6.84. The lowest BCUT2D eigenvalue weighted by Gasteiger charge is -2.16. The summed E-state index contributed by atoms with van der Waals surface area (Å²) in [4.78, 5) is 2.74. The molecule has 0 aliphatic rings. The van der Waals surface area contributed by atoms with Crippen LogP contribution >= 0.6 is 11.3 Å². The smallest absolute Gasteiger partial charge is 0.0860 e. The molecule has 2 heterocycles. The van der Waals surface area contributed by atoms with Gasteiger partial charge in [0.15, 0.2) is 0 Å². The van der Waals surface area contributed by atoms with Gasteiger partial charge in [0.1, 0.15) is 0 Å². The molecule has 19 heavy (non-hydrogen) atoms. The Labute approximate surface area is 118 Å². The number of nitrogens with zero attached hydrogens (tertiary/aromatic N) is 2. The number of aromatic nitrogens is 2. The molecule has 0 aliphatic heterocycles. The predicted molar refractivity (Wildman–Crippen MR) is 78.5 cm³/mol. The van der Waals surface area contributed by atoms with Crippen LogP contribution in [-0.2, 0) is 13.0 Å². The molecule has 0 radical (unpaired) electrons. The van der Waals surface area contributed by atoms with E-state index in [1.807, 2.05) is 23.6 Å². The Morgan fingerprint density at radius 1 is 1.47 bits per heavy atom. The highest BCUT2D eigenvalue weighted by molar-refractivity contribution is 7.11. The van der Waals surface area contributed by atoms with Gasteiger partial charge in [-0.15, -0.1) is 11.3 Å². The summed E-state index contributed by atoms with van der Waals surface area (Å²) in [6.07, 6.45) is 4.18. The van der Waals surface area contributed by atoms with Crippen LogP contribution in [0.3, 0.4) is 0 Å². The second-order valence-electron chi connectivity index (χ2n) is 4.91. The van der Waals surface area contributed by atoms with Gasteiger partial charge in [-0.3, -0.25) is 4.68 Å². The van der Waals surface area contributed by atoms with Crippen LogP contribution in [0.2, 0.25) is 0 Å². The molecule has 0 bridgehead atoms. The van der Waals surface area contributed by atoms with Crippen LogP contribution in [-0.4, -0.2) is 33.6 Å². The van der Waals surface area contributed by atoms with Crippen LogP contribution < -0.4 is 5.32 Å². The maximum Gasteiger partial charge on any atom is 0.0860 e. The minimum atomic E-state index is -0.410. The highest BCUT2D eigenvalue weighted by Gasteiger charge is 2.09. The molecule has 2 N–H and O–H groups in total.